The number of carboxylic acids is 1. The molecule has 0 radical (unpaired) electrons. The fraction of sp³-hybridized carbons (Fsp3) is 0.300. The number of carboxylic acid groups (broad SMARTS) is 1. The number of aromatic carboxylic acids is 1. The Balaban J connectivity index is 3.04. The van der Waals surface area contributed by atoms with Crippen molar-refractivity contribution >= 4 is 21.9 Å². The first-order valence-electron chi connectivity index (χ1n) is 4.15. The molecule has 0 unspecified atom stereocenters. The van der Waals surface area contributed by atoms with Crippen molar-refractivity contribution < 1.29 is 14.6 Å². The van der Waals surface area contributed by atoms with Gasteiger partial charge in [-0.15, -0.1) is 0 Å². The van der Waals surface area contributed by atoms with Crippen LogP contribution in [0.1, 0.15) is 15.9 Å². The molecule has 0 aliphatic carbocycles. The van der Waals surface area contributed by atoms with E-state index in [9.17, 15) is 4.79 Å². The Morgan fingerprint density at radius 3 is 2.79 bits per heavy atom. The zero-order valence-corrected chi connectivity index (χ0v) is 9.37. The molecule has 1 N–H and O–H groups in total. The largest absolute Gasteiger partial charge is 0.496 e. The van der Waals surface area contributed by atoms with E-state index in [0.717, 1.165) is 17.3 Å². The van der Waals surface area contributed by atoms with E-state index in [2.05, 4.69) is 15.9 Å². The SMILES string of the molecule is COc1cc(C(=O)O)ccc1CCBr. The summed E-state index contributed by atoms with van der Waals surface area (Å²) in [4.78, 5) is 10.7. The lowest BCUT2D eigenvalue weighted by Crippen LogP contribution is -1.99. The highest BCUT2D eigenvalue weighted by molar-refractivity contribution is 9.09. The van der Waals surface area contributed by atoms with E-state index in [-0.39, 0.29) is 5.56 Å². The van der Waals surface area contributed by atoms with Crippen molar-refractivity contribution in [1.82, 2.24) is 0 Å². The lowest BCUT2D eigenvalue weighted by molar-refractivity contribution is 0.0696. The molecular formula is C10H11BrO3. The number of rotatable bonds is 4. The third-order valence-electron chi connectivity index (χ3n) is 1.90. The molecule has 0 saturated carbocycles. The van der Waals surface area contributed by atoms with E-state index in [0.29, 0.717) is 5.75 Å². The molecule has 0 saturated heterocycles. The van der Waals surface area contributed by atoms with Crippen molar-refractivity contribution in [1.29, 1.82) is 0 Å². The van der Waals surface area contributed by atoms with Gasteiger partial charge in [0, 0.05) is 5.33 Å². The fourth-order valence-corrected chi connectivity index (χ4v) is 1.61. The monoisotopic (exact) mass is 258 g/mol. The highest BCUT2D eigenvalue weighted by Crippen LogP contribution is 2.21. The molecule has 0 heterocycles. The minimum absolute atomic E-state index is 0.250. The highest BCUT2D eigenvalue weighted by Gasteiger charge is 2.07. The van der Waals surface area contributed by atoms with Crippen LogP contribution in [0.25, 0.3) is 0 Å². The average Bonchev–Trinajstić information content (AvgIpc) is 2.18. The summed E-state index contributed by atoms with van der Waals surface area (Å²) < 4.78 is 5.10. The number of methoxy groups -OCH3 is 1. The molecule has 14 heavy (non-hydrogen) atoms. The molecule has 0 fully saturated rings. The van der Waals surface area contributed by atoms with Crippen LogP contribution in [-0.2, 0) is 6.42 Å². The van der Waals surface area contributed by atoms with Crippen LogP contribution in [0.5, 0.6) is 5.75 Å². The molecule has 0 atom stereocenters. The maximum atomic E-state index is 10.7. The van der Waals surface area contributed by atoms with Gasteiger partial charge in [-0.3, -0.25) is 0 Å². The van der Waals surface area contributed by atoms with E-state index in [1.807, 2.05) is 0 Å². The van der Waals surface area contributed by atoms with Gasteiger partial charge in [-0.1, -0.05) is 22.0 Å². The van der Waals surface area contributed by atoms with Crippen LogP contribution in [0.2, 0.25) is 0 Å². The molecule has 0 spiro atoms. The Morgan fingerprint density at radius 2 is 2.29 bits per heavy atom. The lowest BCUT2D eigenvalue weighted by Gasteiger charge is -2.07. The number of alkyl halides is 1. The normalized spacial score (nSPS) is 9.86. The second-order valence-electron chi connectivity index (χ2n) is 2.77. The van der Waals surface area contributed by atoms with Crippen LogP contribution >= 0.6 is 15.9 Å². The quantitative estimate of drug-likeness (QED) is 0.844. The van der Waals surface area contributed by atoms with E-state index >= 15 is 0 Å². The molecule has 0 amide bonds. The number of aryl methyl sites for hydroxylation is 1. The minimum Gasteiger partial charge on any atom is -0.496 e. The summed E-state index contributed by atoms with van der Waals surface area (Å²) in [5, 5.41) is 9.59. The Labute approximate surface area is 90.8 Å². The number of ether oxygens (including phenoxy) is 1. The number of benzene rings is 1. The first kappa shape index (κ1) is 11.0. The maximum absolute atomic E-state index is 10.7. The number of hydrogen-bond acceptors (Lipinski definition) is 2. The summed E-state index contributed by atoms with van der Waals surface area (Å²) in [6, 6.07) is 4.91. The predicted octanol–water partition coefficient (Wildman–Crippen LogP) is 2.33. The summed E-state index contributed by atoms with van der Waals surface area (Å²) >= 11 is 3.33. The van der Waals surface area contributed by atoms with Gasteiger partial charge in [0.1, 0.15) is 5.75 Å². The van der Waals surface area contributed by atoms with Crippen LogP contribution in [0, 0.1) is 0 Å². The molecule has 0 aliphatic heterocycles. The Hall–Kier alpha value is -1.03. The molecule has 1 rings (SSSR count). The van der Waals surface area contributed by atoms with Gasteiger partial charge in [0.15, 0.2) is 0 Å². The molecule has 0 bridgehead atoms. The first-order chi connectivity index (χ1) is 6.69. The van der Waals surface area contributed by atoms with Crippen LogP contribution in [0.4, 0.5) is 0 Å². The molecule has 1 aromatic carbocycles. The zero-order chi connectivity index (χ0) is 10.6. The number of halogens is 1. The topological polar surface area (TPSA) is 46.5 Å². The average molecular weight is 259 g/mol. The second kappa shape index (κ2) is 5.00. The lowest BCUT2D eigenvalue weighted by atomic mass is 10.1. The van der Waals surface area contributed by atoms with Gasteiger partial charge in [-0.05, 0) is 24.1 Å². The summed E-state index contributed by atoms with van der Waals surface area (Å²) in [6.45, 7) is 0. The number of carbonyl (C=O) groups is 1. The van der Waals surface area contributed by atoms with Crippen LogP contribution in [0.15, 0.2) is 18.2 Å². The van der Waals surface area contributed by atoms with Gasteiger partial charge in [0.05, 0.1) is 12.7 Å². The smallest absolute Gasteiger partial charge is 0.335 e. The van der Waals surface area contributed by atoms with Crippen molar-refractivity contribution in [3.63, 3.8) is 0 Å². The van der Waals surface area contributed by atoms with Crippen LogP contribution in [-0.4, -0.2) is 23.5 Å². The fourth-order valence-electron chi connectivity index (χ4n) is 1.19. The third kappa shape index (κ3) is 2.48. The first-order valence-corrected chi connectivity index (χ1v) is 5.27. The van der Waals surface area contributed by atoms with Crippen LogP contribution < -0.4 is 4.74 Å². The van der Waals surface area contributed by atoms with Crippen molar-refractivity contribution in [2.75, 3.05) is 12.4 Å². The minimum atomic E-state index is -0.936. The number of hydrogen-bond donors (Lipinski definition) is 1. The Morgan fingerprint density at radius 1 is 1.57 bits per heavy atom. The molecule has 76 valence electrons. The molecular weight excluding hydrogens is 248 g/mol. The highest BCUT2D eigenvalue weighted by atomic mass is 79.9. The van der Waals surface area contributed by atoms with Gasteiger partial charge in [-0.2, -0.15) is 0 Å². The summed E-state index contributed by atoms with van der Waals surface area (Å²) in [5.74, 6) is -0.307. The van der Waals surface area contributed by atoms with E-state index < -0.39 is 5.97 Å². The maximum Gasteiger partial charge on any atom is 0.335 e. The van der Waals surface area contributed by atoms with Gasteiger partial charge in [0.25, 0.3) is 0 Å². The summed E-state index contributed by atoms with van der Waals surface area (Å²) in [6.07, 6.45) is 0.822. The van der Waals surface area contributed by atoms with E-state index in [1.54, 1.807) is 25.3 Å². The van der Waals surface area contributed by atoms with Crippen molar-refractivity contribution in [3.8, 4) is 5.75 Å². The van der Waals surface area contributed by atoms with Crippen molar-refractivity contribution in [2.45, 2.75) is 6.42 Å². The summed E-state index contributed by atoms with van der Waals surface area (Å²) in [7, 11) is 1.54. The van der Waals surface area contributed by atoms with Crippen molar-refractivity contribution in [2.24, 2.45) is 0 Å². The van der Waals surface area contributed by atoms with Gasteiger partial charge in [-0.25, -0.2) is 4.79 Å². The molecule has 4 heteroatoms. The van der Waals surface area contributed by atoms with E-state index in [1.165, 1.54) is 0 Å². The Kier molecular flexibility index (Phi) is 3.95. The second-order valence-corrected chi connectivity index (χ2v) is 3.56. The standard InChI is InChI=1S/C10H11BrO3/c1-14-9-6-8(10(12)13)3-2-7(9)4-5-11/h2-3,6H,4-5H2,1H3,(H,12,13). The van der Waals surface area contributed by atoms with Gasteiger partial charge in [0.2, 0.25) is 0 Å². The van der Waals surface area contributed by atoms with Crippen molar-refractivity contribution in [3.05, 3.63) is 29.3 Å². The van der Waals surface area contributed by atoms with E-state index in [4.69, 9.17) is 9.84 Å². The molecule has 0 aliphatic rings. The summed E-state index contributed by atoms with van der Waals surface area (Å²) in [5.41, 5.74) is 1.26. The molecule has 0 aromatic heterocycles. The van der Waals surface area contributed by atoms with Gasteiger partial charge >= 0.3 is 5.97 Å². The predicted molar refractivity (Wildman–Crippen MR) is 57.5 cm³/mol. The molecule has 3 nitrogen and oxygen atoms in total. The Bertz CT molecular complexity index is 336. The van der Waals surface area contributed by atoms with Crippen LogP contribution in [0.3, 0.4) is 0 Å². The van der Waals surface area contributed by atoms with Gasteiger partial charge < -0.3 is 9.84 Å². The zero-order valence-electron chi connectivity index (χ0n) is 7.79. The molecule has 1 aromatic rings. The third-order valence-corrected chi connectivity index (χ3v) is 2.29.